The summed E-state index contributed by atoms with van der Waals surface area (Å²) < 4.78 is 30.3. The Balaban J connectivity index is 2.46. The Morgan fingerprint density at radius 1 is 1.07 bits per heavy atom. The molecule has 2 aromatic rings. The lowest BCUT2D eigenvalue weighted by Crippen LogP contribution is -2.29. The zero-order valence-electron chi connectivity index (χ0n) is 17.7. The van der Waals surface area contributed by atoms with E-state index in [2.05, 4.69) is 10.6 Å². The normalized spacial score (nSPS) is 11.5. The molecule has 7 heteroatoms. The van der Waals surface area contributed by atoms with E-state index in [0.717, 1.165) is 5.69 Å². The van der Waals surface area contributed by atoms with Crippen molar-refractivity contribution in [2.24, 2.45) is 0 Å². The van der Waals surface area contributed by atoms with Gasteiger partial charge in [-0.05, 0) is 69.5 Å². The van der Waals surface area contributed by atoms with Crippen LogP contribution in [0.25, 0.3) is 17.2 Å². The highest BCUT2D eigenvalue weighted by Crippen LogP contribution is 2.34. The van der Waals surface area contributed by atoms with Crippen LogP contribution < -0.4 is 10.6 Å². The molecule has 2 rings (SSSR count). The number of carbonyl (C=O) groups excluding carboxylic acids is 1. The second kappa shape index (κ2) is 9.52. The van der Waals surface area contributed by atoms with E-state index < -0.39 is 30.1 Å². The van der Waals surface area contributed by atoms with Gasteiger partial charge >= 0.3 is 5.97 Å². The summed E-state index contributed by atoms with van der Waals surface area (Å²) in [6.45, 7) is 7.81. The Bertz CT molecular complexity index is 967. The molecule has 0 bridgehead atoms. The number of hydrogen-bond acceptors (Lipinski definition) is 3. The molecule has 3 N–H and O–H groups in total. The van der Waals surface area contributed by atoms with Crippen LogP contribution in [-0.4, -0.2) is 29.6 Å². The van der Waals surface area contributed by atoms with Gasteiger partial charge in [0, 0.05) is 28.4 Å². The number of rotatable bonds is 7. The van der Waals surface area contributed by atoms with Crippen LogP contribution >= 0.6 is 0 Å². The van der Waals surface area contributed by atoms with Gasteiger partial charge in [-0.2, -0.15) is 0 Å². The summed E-state index contributed by atoms with van der Waals surface area (Å²) >= 11 is 0. The molecule has 1 amide bonds. The molecule has 2 aromatic carbocycles. The fourth-order valence-electron chi connectivity index (χ4n) is 3.11. The van der Waals surface area contributed by atoms with Gasteiger partial charge in [0.25, 0.3) is 0 Å². The molecule has 30 heavy (non-hydrogen) atoms. The maximum atomic E-state index is 15.2. The van der Waals surface area contributed by atoms with Crippen molar-refractivity contribution in [2.75, 3.05) is 11.9 Å². The van der Waals surface area contributed by atoms with Gasteiger partial charge in [-0.3, -0.25) is 9.59 Å². The predicted octanol–water partition coefficient (Wildman–Crippen LogP) is 4.67. The topological polar surface area (TPSA) is 78.4 Å². The molecule has 0 saturated heterocycles. The number of carboxylic acids is 1. The van der Waals surface area contributed by atoms with Crippen molar-refractivity contribution < 1.29 is 23.5 Å². The molecule has 0 aliphatic rings. The largest absolute Gasteiger partial charge is 0.480 e. The minimum Gasteiger partial charge on any atom is -0.480 e. The summed E-state index contributed by atoms with van der Waals surface area (Å²) in [6, 6.07) is 7.33. The Kier molecular flexibility index (Phi) is 7.32. The third kappa shape index (κ3) is 5.23. The monoisotopic (exact) mass is 416 g/mol. The van der Waals surface area contributed by atoms with Gasteiger partial charge in [-0.15, -0.1) is 0 Å². The molecule has 0 aromatic heterocycles. The number of anilines is 1. The fourth-order valence-corrected chi connectivity index (χ4v) is 3.11. The molecular weight excluding hydrogens is 390 g/mol. The van der Waals surface area contributed by atoms with Gasteiger partial charge in [0.15, 0.2) is 0 Å². The van der Waals surface area contributed by atoms with E-state index in [0.29, 0.717) is 5.56 Å². The fraction of sp³-hybridized carbons (Fsp3) is 0.304. The smallest absolute Gasteiger partial charge is 0.322 e. The summed E-state index contributed by atoms with van der Waals surface area (Å²) in [6.07, 6.45) is 1.23. The number of aliphatic carboxylic acids is 1. The summed E-state index contributed by atoms with van der Waals surface area (Å²) in [4.78, 5) is 22.6. The van der Waals surface area contributed by atoms with Crippen molar-refractivity contribution in [3.8, 4) is 11.1 Å². The van der Waals surface area contributed by atoms with Crippen molar-refractivity contribution in [2.45, 2.75) is 40.7 Å². The van der Waals surface area contributed by atoms with E-state index in [1.54, 1.807) is 12.1 Å². The molecule has 0 saturated carbocycles. The maximum Gasteiger partial charge on any atom is 0.322 e. The van der Waals surface area contributed by atoms with Gasteiger partial charge < -0.3 is 15.7 Å². The minimum absolute atomic E-state index is 0.0326. The summed E-state index contributed by atoms with van der Waals surface area (Å²) in [5, 5.41) is 14.1. The molecule has 0 aliphatic carbocycles. The van der Waals surface area contributed by atoms with Crippen LogP contribution in [0.3, 0.4) is 0 Å². The highest BCUT2D eigenvalue weighted by molar-refractivity contribution is 5.98. The molecule has 0 unspecified atom stereocenters. The van der Waals surface area contributed by atoms with Crippen LogP contribution in [0, 0.1) is 25.5 Å². The molecule has 0 radical (unpaired) electrons. The predicted molar refractivity (Wildman–Crippen MR) is 114 cm³/mol. The lowest BCUT2D eigenvalue weighted by atomic mass is 9.92. The first-order valence-corrected chi connectivity index (χ1v) is 9.56. The van der Waals surface area contributed by atoms with Crippen molar-refractivity contribution >= 4 is 23.6 Å². The number of benzene rings is 2. The van der Waals surface area contributed by atoms with Crippen LogP contribution in [0.4, 0.5) is 14.5 Å². The first kappa shape index (κ1) is 23.1. The number of halogens is 2. The van der Waals surface area contributed by atoms with E-state index in [9.17, 15) is 9.59 Å². The van der Waals surface area contributed by atoms with Gasteiger partial charge in [0.1, 0.15) is 18.2 Å². The number of carboxylic acid groups (broad SMARTS) is 1. The molecule has 5 nitrogen and oxygen atoms in total. The Morgan fingerprint density at radius 2 is 1.67 bits per heavy atom. The number of nitrogens with one attached hydrogen (secondary N) is 2. The lowest BCUT2D eigenvalue weighted by Gasteiger charge is -2.16. The van der Waals surface area contributed by atoms with E-state index >= 15 is 8.78 Å². The van der Waals surface area contributed by atoms with Gasteiger partial charge in [-0.1, -0.05) is 12.1 Å². The number of carbonyl (C=O) groups is 2. The van der Waals surface area contributed by atoms with Crippen LogP contribution in [0.5, 0.6) is 0 Å². The van der Waals surface area contributed by atoms with Crippen LogP contribution in [0.1, 0.15) is 37.5 Å². The van der Waals surface area contributed by atoms with Gasteiger partial charge in [0.2, 0.25) is 5.91 Å². The first-order valence-electron chi connectivity index (χ1n) is 9.56. The molecular formula is C23H26F2N2O3. The van der Waals surface area contributed by atoms with Crippen LogP contribution in [0.15, 0.2) is 29.8 Å². The van der Waals surface area contributed by atoms with Gasteiger partial charge in [-0.25, -0.2) is 8.78 Å². The Labute approximate surface area is 174 Å². The third-order valence-electron chi connectivity index (χ3n) is 4.64. The van der Waals surface area contributed by atoms with E-state index in [4.69, 9.17) is 5.11 Å². The highest BCUT2D eigenvalue weighted by Gasteiger charge is 2.21. The summed E-state index contributed by atoms with van der Waals surface area (Å²) in [5.74, 6) is -3.05. The minimum atomic E-state index is -1.20. The molecule has 160 valence electrons. The first-order chi connectivity index (χ1) is 14.0. The second-order valence-corrected chi connectivity index (χ2v) is 7.45. The van der Waals surface area contributed by atoms with E-state index in [-0.39, 0.29) is 33.9 Å². The summed E-state index contributed by atoms with van der Waals surface area (Å²) in [5.41, 5.74) is 1.85. The Hall–Kier alpha value is -3.22. The van der Waals surface area contributed by atoms with Crippen molar-refractivity contribution in [1.82, 2.24) is 5.32 Å². The lowest BCUT2D eigenvalue weighted by molar-refractivity contribution is -0.137. The highest BCUT2D eigenvalue weighted by atomic mass is 19.1. The van der Waals surface area contributed by atoms with E-state index in [1.165, 1.54) is 26.8 Å². The van der Waals surface area contributed by atoms with Gasteiger partial charge in [0.05, 0.1) is 0 Å². The van der Waals surface area contributed by atoms with Crippen LogP contribution in [-0.2, 0) is 9.59 Å². The van der Waals surface area contributed by atoms with Crippen molar-refractivity contribution in [1.29, 1.82) is 0 Å². The average Bonchev–Trinajstić information content (AvgIpc) is 2.68. The molecule has 0 aliphatic heterocycles. The zero-order valence-corrected chi connectivity index (χ0v) is 17.7. The average molecular weight is 416 g/mol. The molecule has 0 atom stereocenters. The van der Waals surface area contributed by atoms with Crippen LogP contribution in [0.2, 0.25) is 0 Å². The Morgan fingerprint density at radius 3 is 2.20 bits per heavy atom. The quantitative estimate of drug-likeness (QED) is 0.573. The van der Waals surface area contributed by atoms with E-state index in [1.807, 2.05) is 26.0 Å². The number of amides is 1. The number of hydrogen-bond donors (Lipinski definition) is 3. The second-order valence-electron chi connectivity index (χ2n) is 7.45. The molecule has 0 heterocycles. The maximum absolute atomic E-state index is 15.2. The van der Waals surface area contributed by atoms with Crippen molar-refractivity contribution in [3.05, 3.63) is 58.2 Å². The standard InChI is InChI=1S/C23H26F2N2O3/c1-12(2)27-17-8-6-16(7-9-17)20-15(5)21(24)18(14(4)22(20)25)10-13(3)23(30)26-11-19(28)29/h6-10,12,27H,11H2,1-5H3,(H,26,30)(H,28,29)/b13-10+. The zero-order chi connectivity index (χ0) is 22.6. The summed E-state index contributed by atoms with van der Waals surface area (Å²) in [7, 11) is 0. The molecule has 0 spiro atoms. The molecule has 0 fully saturated rings. The SMILES string of the molecule is C/C(=C\c1c(C)c(F)c(-c2ccc(NC(C)C)cc2)c(C)c1F)C(=O)NCC(=O)O. The third-order valence-corrected chi connectivity index (χ3v) is 4.64. The van der Waals surface area contributed by atoms with Crippen molar-refractivity contribution in [3.63, 3.8) is 0 Å².